The maximum Gasteiger partial charge on any atom is 0.303 e. The Morgan fingerprint density at radius 2 is 1.89 bits per heavy atom. The van der Waals surface area contributed by atoms with Crippen LogP contribution in [0.25, 0.3) is 11.1 Å². The summed E-state index contributed by atoms with van der Waals surface area (Å²) in [7, 11) is 0. The van der Waals surface area contributed by atoms with Crippen molar-refractivity contribution in [1.82, 2.24) is 0 Å². The standard InChI is InChI=1S/C17H18O2/c1-12-4-3-5-15(10-12)16-11-14(7-6-13(16)2)8-9-17(18)19/h3-7,10-11H,8-9H2,1-2H3,(H,18,19). The Morgan fingerprint density at radius 3 is 2.58 bits per heavy atom. The summed E-state index contributed by atoms with van der Waals surface area (Å²) in [6, 6.07) is 14.6. The second-order valence-electron chi connectivity index (χ2n) is 4.91. The average molecular weight is 254 g/mol. The molecule has 0 radical (unpaired) electrons. The van der Waals surface area contributed by atoms with E-state index >= 15 is 0 Å². The lowest BCUT2D eigenvalue weighted by molar-refractivity contribution is -0.136. The highest BCUT2D eigenvalue weighted by Gasteiger charge is 2.05. The number of benzene rings is 2. The minimum absolute atomic E-state index is 0.177. The molecule has 1 N–H and O–H groups in total. The Balaban J connectivity index is 2.34. The minimum atomic E-state index is -0.752. The number of rotatable bonds is 4. The Morgan fingerprint density at radius 1 is 1.11 bits per heavy atom. The summed E-state index contributed by atoms with van der Waals surface area (Å²) in [5, 5.41) is 8.75. The van der Waals surface area contributed by atoms with Gasteiger partial charge in [-0.1, -0.05) is 48.0 Å². The van der Waals surface area contributed by atoms with Gasteiger partial charge in [-0.25, -0.2) is 0 Å². The molecule has 98 valence electrons. The molecule has 2 aromatic carbocycles. The number of aliphatic carboxylic acids is 1. The van der Waals surface area contributed by atoms with Crippen LogP contribution in [0.15, 0.2) is 42.5 Å². The van der Waals surface area contributed by atoms with Crippen molar-refractivity contribution in [3.05, 3.63) is 59.2 Å². The van der Waals surface area contributed by atoms with Gasteiger partial charge in [-0.15, -0.1) is 0 Å². The van der Waals surface area contributed by atoms with Crippen molar-refractivity contribution >= 4 is 5.97 Å². The summed E-state index contributed by atoms with van der Waals surface area (Å²) in [5.41, 5.74) is 5.89. The normalized spacial score (nSPS) is 10.4. The predicted octanol–water partition coefficient (Wildman–Crippen LogP) is 3.99. The van der Waals surface area contributed by atoms with E-state index in [1.165, 1.54) is 22.3 Å². The zero-order valence-corrected chi connectivity index (χ0v) is 11.3. The van der Waals surface area contributed by atoms with Crippen LogP contribution in [0.5, 0.6) is 0 Å². The van der Waals surface area contributed by atoms with Crippen LogP contribution in [0.3, 0.4) is 0 Å². The fraction of sp³-hybridized carbons (Fsp3) is 0.235. The zero-order valence-electron chi connectivity index (χ0n) is 11.3. The van der Waals surface area contributed by atoms with Gasteiger partial charge < -0.3 is 5.11 Å². The van der Waals surface area contributed by atoms with Crippen molar-refractivity contribution in [2.24, 2.45) is 0 Å². The fourth-order valence-electron chi connectivity index (χ4n) is 2.20. The number of hydrogen-bond acceptors (Lipinski definition) is 1. The third-order valence-electron chi connectivity index (χ3n) is 3.26. The molecule has 0 amide bonds. The van der Waals surface area contributed by atoms with Crippen molar-refractivity contribution < 1.29 is 9.90 Å². The van der Waals surface area contributed by atoms with Crippen LogP contribution in [0.4, 0.5) is 0 Å². The van der Waals surface area contributed by atoms with Crippen molar-refractivity contribution in [3.8, 4) is 11.1 Å². The monoisotopic (exact) mass is 254 g/mol. The molecular weight excluding hydrogens is 236 g/mol. The predicted molar refractivity (Wildman–Crippen MR) is 77.3 cm³/mol. The first-order chi connectivity index (χ1) is 9.06. The van der Waals surface area contributed by atoms with E-state index < -0.39 is 5.97 Å². The van der Waals surface area contributed by atoms with Crippen LogP contribution >= 0.6 is 0 Å². The van der Waals surface area contributed by atoms with Gasteiger partial charge in [-0.2, -0.15) is 0 Å². The van der Waals surface area contributed by atoms with Gasteiger partial charge in [0.2, 0.25) is 0 Å². The lowest BCUT2D eigenvalue weighted by Crippen LogP contribution is -1.98. The molecule has 0 spiro atoms. The number of carbonyl (C=O) groups is 1. The van der Waals surface area contributed by atoms with E-state index in [1.807, 2.05) is 12.1 Å². The zero-order chi connectivity index (χ0) is 13.8. The van der Waals surface area contributed by atoms with Crippen molar-refractivity contribution in [2.75, 3.05) is 0 Å². The number of carboxylic acids is 1. The van der Waals surface area contributed by atoms with E-state index in [4.69, 9.17) is 5.11 Å². The Labute approximate surface area is 113 Å². The Kier molecular flexibility index (Phi) is 4.00. The molecule has 0 aliphatic heterocycles. The van der Waals surface area contributed by atoms with E-state index in [0.29, 0.717) is 6.42 Å². The van der Waals surface area contributed by atoms with Gasteiger partial charge in [0.15, 0.2) is 0 Å². The summed E-state index contributed by atoms with van der Waals surface area (Å²) in [6.07, 6.45) is 0.755. The summed E-state index contributed by atoms with van der Waals surface area (Å²) >= 11 is 0. The molecule has 0 unspecified atom stereocenters. The van der Waals surface area contributed by atoms with Gasteiger partial charge in [-0.3, -0.25) is 4.79 Å². The fourth-order valence-corrected chi connectivity index (χ4v) is 2.20. The molecule has 0 saturated heterocycles. The molecular formula is C17H18O2. The SMILES string of the molecule is Cc1cccc(-c2cc(CCC(=O)O)ccc2C)c1. The Bertz CT molecular complexity index is 600. The maximum atomic E-state index is 10.6. The Hall–Kier alpha value is -2.09. The van der Waals surface area contributed by atoms with Crippen LogP contribution in [0.1, 0.15) is 23.1 Å². The molecule has 0 aliphatic rings. The molecule has 2 rings (SSSR count). The van der Waals surface area contributed by atoms with E-state index in [9.17, 15) is 4.79 Å². The first-order valence-electron chi connectivity index (χ1n) is 6.44. The molecule has 2 nitrogen and oxygen atoms in total. The third-order valence-corrected chi connectivity index (χ3v) is 3.26. The molecule has 2 heteroatoms. The highest BCUT2D eigenvalue weighted by atomic mass is 16.4. The molecule has 0 aliphatic carbocycles. The van der Waals surface area contributed by atoms with E-state index in [0.717, 1.165) is 5.56 Å². The maximum absolute atomic E-state index is 10.6. The first-order valence-corrected chi connectivity index (χ1v) is 6.44. The van der Waals surface area contributed by atoms with Gasteiger partial charge >= 0.3 is 5.97 Å². The van der Waals surface area contributed by atoms with Crippen molar-refractivity contribution in [2.45, 2.75) is 26.7 Å². The second kappa shape index (κ2) is 5.70. The smallest absolute Gasteiger partial charge is 0.303 e. The molecule has 19 heavy (non-hydrogen) atoms. The summed E-state index contributed by atoms with van der Waals surface area (Å²) in [4.78, 5) is 10.6. The number of carboxylic acid groups (broad SMARTS) is 1. The number of hydrogen-bond donors (Lipinski definition) is 1. The van der Waals surface area contributed by atoms with Gasteiger partial charge in [0.25, 0.3) is 0 Å². The van der Waals surface area contributed by atoms with Crippen molar-refractivity contribution in [3.63, 3.8) is 0 Å². The van der Waals surface area contributed by atoms with Crippen molar-refractivity contribution in [1.29, 1.82) is 0 Å². The summed E-state index contributed by atoms with van der Waals surface area (Å²) in [5.74, 6) is -0.752. The number of aryl methyl sites for hydroxylation is 3. The molecule has 2 aromatic rings. The van der Waals surface area contributed by atoms with E-state index in [2.05, 4.69) is 44.2 Å². The van der Waals surface area contributed by atoms with Gasteiger partial charge in [0.1, 0.15) is 0 Å². The largest absolute Gasteiger partial charge is 0.481 e. The second-order valence-corrected chi connectivity index (χ2v) is 4.91. The van der Waals surface area contributed by atoms with E-state index in [1.54, 1.807) is 0 Å². The van der Waals surface area contributed by atoms with Crippen LogP contribution in [0, 0.1) is 13.8 Å². The van der Waals surface area contributed by atoms with Gasteiger partial charge in [-0.05, 0) is 42.5 Å². The lowest BCUT2D eigenvalue weighted by Gasteiger charge is -2.09. The lowest BCUT2D eigenvalue weighted by atomic mass is 9.95. The molecule has 0 bridgehead atoms. The minimum Gasteiger partial charge on any atom is -0.481 e. The summed E-state index contributed by atoms with van der Waals surface area (Å²) in [6.45, 7) is 4.16. The van der Waals surface area contributed by atoms with Gasteiger partial charge in [0, 0.05) is 6.42 Å². The molecule has 0 aromatic heterocycles. The topological polar surface area (TPSA) is 37.3 Å². The third kappa shape index (κ3) is 3.44. The van der Waals surface area contributed by atoms with Crippen LogP contribution in [-0.4, -0.2) is 11.1 Å². The summed E-state index contributed by atoms with van der Waals surface area (Å²) < 4.78 is 0. The molecule has 0 saturated carbocycles. The quantitative estimate of drug-likeness (QED) is 0.895. The molecule has 0 fully saturated rings. The van der Waals surface area contributed by atoms with Crippen LogP contribution in [0.2, 0.25) is 0 Å². The highest BCUT2D eigenvalue weighted by Crippen LogP contribution is 2.25. The van der Waals surface area contributed by atoms with Crippen LogP contribution < -0.4 is 0 Å². The molecule has 0 atom stereocenters. The van der Waals surface area contributed by atoms with Crippen LogP contribution in [-0.2, 0) is 11.2 Å². The highest BCUT2D eigenvalue weighted by molar-refractivity contribution is 5.70. The van der Waals surface area contributed by atoms with Gasteiger partial charge in [0.05, 0.1) is 0 Å². The molecule has 0 heterocycles. The van der Waals surface area contributed by atoms with E-state index in [-0.39, 0.29) is 6.42 Å². The average Bonchev–Trinajstić information content (AvgIpc) is 2.37. The first kappa shape index (κ1) is 13.3.